The topological polar surface area (TPSA) is 41.4 Å². The predicted molar refractivity (Wildman–Crippen MR) is 90.2 cm³/mol. The summed E-state index contributed by atoms with van der Waals surface area (Å²) < 4.78 is 2.27. The highest BCUT2D eigenvalue weighted by molar-refractivity contribution is 7.10. The Morgan fingerprint density at radius 3 is 3.09 bits per heavy atom. The van der Waals surface area contributed by atoms with Crippen LogP contribution in [0, 0.1) is 6.92 Å². The van der Waals surface area contributed by atoms with Gasteiger partial charge in [0.25, 0.3) is 0 Å². The number of imidazole rings is 1. The Morgan fingerprint density at radius 2 is 2.35 bits per heavy atom. The van der Waals surface area contributed by atoms with Crippen LogP contribution in [0.4, 0.5) is 0 Å². The van der Waals surface area contributed by atoms with E-state index in [4.69, 9.17) is 0 Å². The largest absolute Gasteiger partial charge is 0.341 e. The van der Waals surface area contributed by atoms with Crippen LogP contribution >= 0.6 is 11.3 Å². The first-order valence-electron chi connectivity index (χ1n) is 8.24. The van der Waals surface area contributed by atoms with Gasteiger partial charge in [0.05, 0.1) is 18.1 Å². The number of hydrogen-bond acceptors (Lipinski definition) is 4. The van der Waals surface area contributed by atoms with E-state index in [1.807, 2.05) is 28.8 Å². The van der Waals surface area contributed by atoms with Crippen molar-refractivity contribution in [3.05, 3.63) is 40.1 Å². The van der Waals surface area contributed by atoms with Crippen LogP contribution < -0.4 is 0 Å². The summed E-state index contributed by atoms with van der Waals surface area (Å²) in [5.74, 6) is 0.304. The minimum absolute atomic E-state index is 0.304. The van der Waals surface area contributed by atoms with Crippen molar-refractivity contribution in [3.63, 3.8) is 0 Å². The van der Waals surface area contributed by atoms with Crippen molar-refractivity contribution in [3.8, 4) is 0 Å². The summed E-state index contributed by atoms with van der Waals surface area (Å²) in [4.78, 5) is 22.3. The van der Waals surface area contributed by atoms with Crippen LogP contribution in [0.1, 0.15) is 35.0 Å². The summed E-state index contributed by atoms with van der Waals surface area (Å²) in [5, 5.41) is 2.17. The number of fused-ring (bicyclic) bond motifs is 1. The molecule has 4 heterocycles. The molecule has 5 nitrogen and oxygen atoms in total. The molecule has 1 unspecified atom stereocenters. The number of likely N-dealkylation sites (tertiary alicyclic amines) is 1. The van der Waals surface area contributed by atoms with Crippen LogP contribution in [-0.4, -0.2) is 44.9 Å². The van der Waals surface area contributed by atoms with E-state index in [1.165, 1.54) is 16.1 Å². The fourth-order valence-corrected chi connectivity index (χ4v) is 4.60. The van der Waals surface area contributed by atoms with Crippen LogP contribution in [-0.2, 0) is 17.9 Å². The lowest BCUT2D eigenvalue weighted by molar-refractivity contribution is -0.128. The van der Waals surface area contributed by atoms with Gasteiger partial charge in [-0.05, 0) is 30.4 Å². The maximum atomic E-state index is 12.0. The zero-order valence-electron chi connectivity index (χ0n) is 13.4. The molecule has 0 spiro atoms. The van der Waals surface area contributed by atoms with Crippen molar-refractivity contribution in [2.75, 3.05) is 19.6 Å². The molecule has 1 fully saturated rings. The van der Waals surface area contributed by atoms with Crippen molar-refractivity contribution in [2.24, 2.45) is 0 Å². The number of aromatic nitrogens is 2. The van der Waals surface area contributed by atoms with E-state index in [9.17, 15) is 4.79 Å². The van der Waals surface area contributed by atoms with Crippen LogP contribution in [0.3, 0.4) is 0 Å². The van der Waals surface area contributed by atoms with Gasteiger partial charge in [0.2, 0.25) is 5.91 Å². The second-order valence-electron chi connectivity index (χ2n) is 6.59. The molecule has 2 aromatic rings. The van der Waals surface area contributed by atoms with Gasteiger partial charge < -0.3 is 9.47 Å². The normalized spacial score (nSPS) is 21.9. The zero-order valence-corrected chi connectivity index (χ0v) is 14.3. The van der Waals surface area contributed by atoms with E-state index in [0.717, 1.165) is 39.1 Å². The van der Waals surface area contributed by atoms with Crippen molar-refractivity contribution < 1.29 is 4.79 Å². The number of rotatable bonds is 4. The third-order valence-electron chi connectivity index (χ3n) is 4.93. The molecule has 0 bridgehead atoms. The van der Waals surface area contributed by atoms with E-state index in [2.05, 4.69) is 32.8 Å². The second kappa shape index (κ2) is 6.09. The van der Waals surface area contributed by atoms with E-state index in [1.54, 1.807) is 0 Å². The molecule has 1 saturated heterocycles. The minimum atomic E-state index is 0.304. The molecule has 122 valence electrons. The van der Waals surface area contributed by atoms with Gasteiger partial charge in [-0.25, -0.2) is 4.98 Å². The molecule has 2 aromatic heterocycles. The highest BCUT2D eigenvalue weighted by Gasteiger charge is 2.30. The lowest BCUT2D eigenvalue weighted by Gasteiger charge is -2.36. The van der Waals surface area contributed by atoms with Gasteiger partial charge in [-0.3, -0.25) is 9.69 Å². The molecule has 0 saturated carbocycles. The smallest absolute Gasteiger partial charge is 0.222 e. The average molecular weight is 330 g/mol. The molecule has 2 aliphatic rings. The second-order valence-corrected chi connectivity index (χ2v) is 7.59. The van der Waals surface area contributed by atoms with Crippen molar-refractivity contribution in [1.29, 1.82) is 0 Å². The fraction of sp³-hybridized carbons (Fsp3) is 0.529. The van der Waals surface area contributed by atoms with Crippen molar-refractivity contribution >= 4 is 17.2 Å². The number of thiophene rings is 1. The summed E-state index contributed by atoms with van der Waals surface area (Å²) in [6.07, 6.45) is 5.60. The molecular weight excluding hydrogens is 308 g/mol. The number of aryl methyl sites for hydroxylation is 1. The number of amides is 1. The Balaban J connectivity index is 1.52. The van der Waals surface area contributed by atoms with Gasteiger partial charge in [-0.1, -0.05) is 0 Å². The molecular formula is C17H22N4OS. The number of nitrogens with zero attached hydrogens (tertiary/aromatic N) is 4. The van der Waals surface area contributed by atoms with Gasteiger partial charge in [0.1, 0.15) is 0 Å². The zero-order chi connectivity index (χ0) is 15.8. The third kappa shape index (κ3) is 2.93. The Morgan fingerprint density at radius 1 is 1.43 bits per heavy atom. The SMILES string of the molecule is Cc1ccsc1CN1Cc2cncn2C(CN2CCCC2=O)C1. The Hall–Kier alpha value is -1.66. The molecule has 4 rings (SSSR count). The number of carbonyl (C=O) groups excluding carboxylic acids is 1. The summed E-state index contributed by atoms with van der Waals surface area (Å²) in [7, 11) is 0. The molecule has 0 N–H and O–H groups in total. The van der Waals surface area contributed by atoms with Gasteiger partial charge in [0.15, 0.2) is 0 Å². The molecule has 0 aromatic carbocycles. The van der Waals surface area contributed by atoms with Gasteiger partial charge in [-0.2, -0.15) is 0 Å². The van der Waals surface area contributed by atoms with Crippen LogP contribution in [0.2, 0.25) is 0 Å². The van der Waals surface area contributed by atoms with Gasteiger partial charge >= 0.3 is 0 Å². The first-order chi connectivity index (χ1) is 11.2. The fourth-order valence-electron chi connectivity index (χ4n) is 3.65. The number of carbonyl (C=O) groups is 1. The summed E-state index contributed by atoms with van der Waals surface area (Å²) in [5.41, 5.74) is 2.63. The van der Waals surface area contributed by atoms with Crippen LogP contribution in [0.25, 0.3) is 0 Å². The van der Waals surface area contributed by atoms with Crippen LogP contribution in [0.5, 0.6) is 0 Å². The highest BCUT2D eigenvalue weighted by Crippen LogP contribution is 2.26. The molecule has 1 amide bonds. The Bertz CT molecular complexity index is 707. The lowest BCUT2D eigenvalue weighted by Crippen LogP contribution is -2.42. The summed E-state index contributed by atoms with van der Waals surface area (Å²) in [6.45, 7) is 6.79. The summed E-state index contributed by atoms with van der Waals surface area (Å²) >= 11 is 1.83. The first kappa shape index (κ1) is 14.9. The van der Waals surface area contributed by atoms with E-state index in [0.29, 0.717) is 18.4 Å². The Labute approximate surface area is 140 Å². The van der Waals surface area contributed by atoms with E-state index in [-0.39, 0.29) is 0 Å². The molecule has 0 radical (unpaired) electrons. The average Bonchev–Trinajstić information content (AvgIpc) is 3.24. The quantitative estimate of drug-likeness (QED) is 0.864. The molecule has 1 atom stereocenters. The molecule has 23 heavy (non-hydrogen) atoms. The highest BCUT2D eigenvalue weighted by atomic mass is 32.1. The van der Waals surface area contributed by atoms with Gasteiger partial charge in [0, 0.05) is 50.2 Å². The molecule has 6 heteroatoms. The minimum Gasteiger partial charge on any atom is -0.341 e. The van der Waals surface area contributed by atoms with Crippen molar-refractivity contribution in [1.82, 2.24) is 19.4 Å². The van der Waals surface area contributed by atoms with E-state index < -0.39 is 0 Å². The summed E-state index contributed by atoms with van der Waals surface area (Å²) in [6, 6.07) is 2.50. The Kier molecular flexibility index (Phi) is 3.95. The number of hydrogen-bond donors (Lipinski definition) is 0. The molecule has 0 aliphatic carbocycles. The molecule has 2 aliphatic heterocycles. The first-order valence-corrected chi connectivity index (χ1v) is 9.12. The maximum absolute atomic E-state index is 12.0. The van der Waals surface area contributed by atoms with E-state index >= 15 is 0 Å². The standard InChI is InChI=1S/C17H22N4OS/c1-13-4-6-23-16(13)11-19-8-14-7-18-12-21(14)15(9-19)10-20-5-2-3-17(20)22/h4,6-7,12,15H,2-3,5,8-11H2,1H3. The van der Waals surface area contributed by atoms with Gasteiger partial charge in [-0.15, -0.1) is 11.3 Å². The predicted octanol–water partition coefficient (Wildman–Crippen LogP) is 2.43. The van der Waals surface area contributed by atoms with Crippen LogP contribution in [0.15, 0.2) is 24.0 Å². The lowest BCUT2D eigenvalue weighted by atomic mass is 10.1. The monoisotopic (exact) mass is 330 g/mol. The third-order valence-corrected chi connectivity index (χ3v) is 5.94. The van der Waals surface area contributed by atoms with Crippen molar-refractivity contribution in [2.45, 2.75) is 38.9 Å². The maximum Gasteiger partial charge on any atom is 0.222 e.